The van der Waals surface area contributed by atoms with Gasteiger partial charge in [-0.25, -0.2) is 9.78 Å². The molecule has 37 heavy (non-hydrogen) atoms. The molecule has 8 heteroatoms. The van der Waals surface area contributed by atoms with Crippen molar-refractivity contribution >= 4 is 43.6 Å². The first kappa shape index (κ1) is 25.4. The van der Waals surface area contributed by atoms with Gasteiger partial charge in [-0.3, -0.25) is 4.98 Å². The lowest BCUT2D eigenvalue weighted by molar-refractivity contribution is -0.151. The molecule has 0 saturated carbocycles. The summed E-state index contributed by atoms with van der Waals surface area (Å²) in [7, 11) is 2.03. The zero-order chi connectivity index (χ0) is 26.3. The van der Waals surface area contributed by atoms with E-state index in [1.54, 1.807) is 11.3 Å². The predicted molar refractivity (Wildman–Crippen MR) is 149 cm³/mol. The molecule has 1 N–H and O–H groups in total. The van der Waals surface area contributed by atoms with Crippen LogP contribution in [-0.4, -0.2) is 47.3 Å². The lowest BCUT2D eigenvalue weighted by Crippen LogP contribution is -2.25. The molecule has 0 aliphatic carbocycles. The number of hydrogen-bond acceptors (Lipinski definition) is 7. The number of carbonyl (C=O) groups is 1. The number of aromatic nitrogens is 2. The molecular weight excluding hydrogens is 486 g/mol. The number of aryl methyl sites for hydroxylation is 1. The van der Waals surface area contributed by atoms with Crippen LogP contribution in [0.3, 0.4) is 0 Å². The monoisotopic (exact) mass is 519 g/mol. The summed E-state index contributed by atoms with van der Waals surface area (Å²) < 4.78 is 12.9. The Morgan fingerprint density at radius 3 is 2.84 bits per heavy atom. The Bertz CT molecular complexity index is 1470. The average molecular weight is 520 g/mol. The number of pyridine rings is 1. The first-order valence-electron chi connectivity index (χ1n) is 12.9. The third-order valence-corrected chi connectivity index (χ3v) is 8.28. The summed E-state index contributed by atoms with van der Waals surface area (Å²) in [6, 6.07) is 8.29. The molecule has 7 nitrogen and oxygen atoms in total. The van der Waals surface area contributed by atoms with Gasteiger partial charge in [0.25, 0.3) is 0 Å². The molecule has 0 bridgehead atoms. The van der Waals surface area contributed by atoms with Crippen molar-refractivity contribution in [3.63, 3.8) is 0 Å². The van der Waals surface area contributed by atoms with Gasteiger partial charge in [0.1, 0.15) is 5.75 Å². The quantitative estimate of drug-likeness (QED) is 0.251. The molecule has 0 spiro atoms. The number of unbranched alkanes of at least 4 members (excludes halogenated alkanes) is 1. The van der Waals surface area contributed by atoms with Crippen LogP contribution >= 0.6 is 11.3 Å². The van der Waals surface area contributed by atoms with Crippen LogP contribution in [0.25, 0.3) is 32.2 Å². The van der Waals surface area contributed by atoms with Gasteiger partial charge in [0, 0.05) is 54.4 Å². The number of benzene rings is 2. The Hall–Kier alpha value is -3.23. The Balaban J connectivity index is 1.84. The smallest absolute Gasteiger partial charge is 0.337 e. The van der Waals surface area contributed by atoms with Crippen LogP contribution in [0.5, 0.6) is 5.75 Å². The highest BCUT2D eigenvalue weighted by Gasteiger charge is 2.31. The van der Waals surface area contributed by atoms with Crippen molar-refractivity contribution in [3.8, 4) is 16.9 Å². The molecule has 194 valence electrons. The van der Waals surface area contributed by atoms with Crippen molar-refractivity contribution in [2.45, 2.75) is 59.1 Å². The van der Waals surface area contributed by atoms with E-state index < -0.39 is 12.1 Å². The van der Waals surface area contributed by atoms with Gasteiger partial charge in [-0.2, -0.15) is 0 Å². The van der Waals surface area contributed by atoms with Crippen LogP contribution in [-0.2, 0) is 16.0 Å². The van der Waals surface area contributed by atoms with Crippen molar-refractivity contribution in [2.24, 2.45) is 0 Å². The summed E-state index contributed by atoms with van der Waals surface area (Å²) in [6.07, 6.45) is 3.27. The molecule has 1 unspecified atom stereocenters. The van der Waals surface area contributed by atoms with Crippen LogP contribution in [0.1, 0.15) is 56.4 Å². The van der Waals surface area contributed by atoms with E-state index in [-0.39, 0.29) is 6.04 Å². The van der Waals surface area contributed by atoms with Crippen molar-refractivity contribution < 1.29 is 19.4 Å². The molecule has 4 aromatic rings. The molecule has 2 aromatic carbocycles. The Kier molecular flexibility index (Phi) is 7.05. The minimum absolute atomic E-state index is 0.271. The second-order valence-corrected chi connectivity index (χ2v) is 10.9. The van der Waals surface area contributed by atoms with Gasteiger partial charge < -0.3 is 19.5 Å². The molecule has 0 amide bonds. The Morgan fingerprint density at radius 1 is 1.30 bits per heavy atom. The second-order valence-electron chi connectivity index (χ2n) is 9.88. The molecule has 1 aliphatic rings. The van der Waals surface area contributed by atoms with Gasteiger partial charge in [0.2, 0.25) is 0 Å². The van der Waals surface area contributed by atoms with Gasteiger partial charge >= 0.3 is 5.97 Å². The fourth-order valence-electron chi connectivity index (χ4n) is 4.90. The molecule has 0 saturated heterocycles. The van der Waals surface area contributed by atoms with Gasteiger partial charge in [-0.05, 0) is 62.6 Å². The van der Waals surface area contributed by atoms with Crippen LogP contribution in [0.15, 0.2) is 30.5 Å². The highest BCUT2D eigenvalue weighted by atomic mass is 32.1. The van der Waals surface area contributed by atoms with E-state index in [4.69, 9.17) is 19.4 Å². The van der Waals surface area contributed by atoms with Crippen molar-refractivity contribution in [3.05, 3.63) is 47.2 Å². The molecule has 5 rings (SSSR count). The SMILES string of the molecule is CCCCOC(C(=O)O)c1c(C)cc2nc(N(C)C(C)C)sc2c1-c1ccc2c3c(ccnc13)CCO2. The third-order valence-electron chi connectivity index (χ3n) is 7.10. The second kappa shape index (κ2) is 10.3. The molecular formula is C29H33N3O4S. The summed E-state index contributed by atoms with van der Waals surface area (Å²) >= 11 is 1.58. The van der Waals surface area contributed by atoms with E-state index in [0.717, 1.165) is 68.0 Å². The molecule has 2 aromatic heterocycles. The van der Waals surface area contributed by atoms with Crippen molar-refractivity contribution in [2.75, 3.05) is 25.2 Å². The third kappa shape index (κ3) is 4.53. The zero-order valence-corrected chi connectivity index (χ0v) is 22.8. The lowest BCUT2D eigenvalue weighted by atomic mass is 9.89. The number of fused-ring (bicyclic) bond motifs is 1. The molecule has 0 fully saturated rings. The number of thiazole rings is 1. The first-order valence-corrected chi connectivity index (χ1v) is 13.7. The van der Waals surface area contributed by atoms with Gasteiger partial charge in [0.15, 0.2) is 11.2 Å². The summed E-state index contributed by atoms with van der Waals surface area (Å²) in [5, 5.41) is 12.2. The standard InChI is InChI=1S/C29H33N3O4S/c1-6-7-13-36-26(28(33)34)22-17(4)15-20-27(37-29(31-20)32(5)16(2)3)24(22)19-8-9-21-23-18(11-14-35-21)10-12-30-25(19)23/h8-10,12,15-16,26H,6-7,11,13-14H2,1-5H3,(H,33,34). The Morgan fingerprint density at radius 2 is 2.11 bits per heavy atom. The largest absolute Gasteiger partial charge is 0.493 e. The number of rotatable bonds is 9. The highest BCUT2D eigenvalue weighted by Crippen LogP contribution is 2.47. The first-order chi connectivity index (χ1) is 17.8. The number of ether oxygens (including phenoxy) is 2. The Labute approximate surface area is 221 Å². The van der Waals surface area contributed by atoms with E-state index in [9.17, 15) is 9.90 Å². The minimum Gasteiger partial charge on any atom is -0.493 e. The number of hydrogen-bond donors (Lipinski definition) is 1. The predicted octanol–water partition coefficient (Wildman–Crippen LogP) is 6.54. The summed E-state index contributed by atoms with van der Waals surface area (Å²) in [5.74, 6) is -0.181. The molecule has 0 radical (unpaired) electrons. The molecule has 3 heterocycles. The summed E-state index contributed by atoms with van der Waals surface area (Å²) in [4.78, 5) is 24.5. The number of aliphatic carboxylic acids is 1. The fraction of sp³-hybridized carbons (Fsp3) is 0.414. The fourth-order valence-corrected chi connectivity index (χ4v) is 6.12. The van der Waals surface area contributed by atoms with Crippen LogP contribution in [0, 0.1) is 6.92 Å². The maximum Gasteiger partial charge on any atom is 0.337 e. The normalized spacial score (nSPS) is 13.8. The van der Waals surface area contributed by atoms with Crippen LogP contribution in [0.4, 0.5) is 5.13 Å². The number of carboxylic acid groups (broad SMARTS) is 1. The van der Waals surface area contributed by atoms with Crippen molar-refractivity contribution in [1.29, 1.82) is 0 Å². The van der Waals surface area contributed by atoms with Gasteiger partial charge in [0.05, 0.1) is 22.3 Å². The van der Waals surface area contributed by atoms with Crippen molar-refractivity contribution in [1.82, 2.24) is 9.97 Å². The lowest BCUT2D eigenvalue weighted by Gasteiger charge is -2.23. The van der Waals surface area contributed by atoms with E-state index >= 15 is 0 Å². The number of nitrogens with zero attached hydrogens (tertiary/aromatic N) is 3. The molecule has 1 aliphatic heterocycles. The van der Waals surface area contributed by atoms with E-state index in [1.165, 1.54) is 5.56 Å². The van der Waals surface area contributed by atoms with Gasteiger partial charge in [-0.15, -0.1) is 0 Å². The van der Waals surface area contributed by atoms with E-state index in [1.807, 2.05) is 44.4 Å². The maximum absolute atomic E-state index is 12.6. The zero-order valence-electron chi connectivity index (χ0n) is 22.0. The summed E-state index contributed by atoms with van der Waals surface area (Å²) in [6.45, 7) is 9.28. The van der Waals surface area contributed by atoms with E-state index in [2.05, 4.69) is 25.7 Å². The molecule has 1 atom stereocenters. The van der Waals surface area contributed by atoms with E-state index in [0.29, 0.717) is 18.8 Å². The highest BCUT2D eigenvalue weighted by molar-refractivity contribution is 7.22. The average Bonchev–Trinajstić information content (AvgIpc) is 3.30. The van der Waals surface area contributed by atoms with Crippen LogP contribution < -0.4 is 9.64 Å². The minimum atomic E-state index is -1.10. The summed E-state index contributed by atoms with van der Waals surface area (Å²) in [5.41, 5.74) is 6.07. The maximum atomic E-state index is 12.6. The number of anilines is 1. The van der Waals surface area contributed by atoms with Crippen LogP contribution in [0.2, 0.25) is 0 Å². The van der Waals surface area contributed by atoms with Gasteiger partial charge in [-0.1, -0.05) is 24.7 Å². The topological polar surface area (TPSA) is 84.8 Å². The number of carboxylic acids is 1.